The number of aryl methyl sites for hydroxylation is 2. The lowest BCUT2D eigenvalue weighted by Crippen LogP contribution is -2.17. The Morgan fingerprint density at radius 1 is 1.23 bits per heavy atom. The Kier molecular flexibility index (Phi) is 4.25. The lowest BCUT2D eigenvalue weighted by atomic mass is 10.1. The molecule has 1 amide bonds. The molecule has 0 bridgehead atoms. The number of hydrogen-bond acceptors (Lipinski definition) is 4. The molecular formula is C14H15FN2O3S2. The predicted molar refractivity (Wildman–Crippen MR) is 84.3 cm³/mol. The molecule has 0 aliphatic rings. The highest BCUT2D eigenvalue weighted by atomic mass is 32.2. The summed E-state index contributed by atoms with van der Waals surface area (Å²) in [4.78, 5) is 12.8. The zero-order chi connectivity index (χ0) is 16.7. The van der Waals surface area contributed by atoms with Gasteiger partial charge in [-0.1, -0.05) is 0 Å². The van der Waals surface area contributed by atoms with Crippen molar-refractivity contribution in [3.8, 4) is 0 Å². The van der Waals surface area contributed by atoms with Crippen LogP contribution in [0.5, 0.6) is 0 Å². The first-order valence-electron chi connectivity index (χ1n) is 6.31. The van der Waals surface area contributed by atoms with E-state index >= 15 is 0 Å². The van der Waals surface area contributed by atoms with Gasteiger partial charge in [-0.15, -0.1) is 11.3 Å². The van der Waals surface area contributed by atoms with Gasteiger partial charge in [-0.2, -0.15) is 0 Å². The quantitative estimate of drug-likeness (QED) is 0.895. The van der Waals surface area contributed by atoms with E-state index in [0.29, 0.717) is 4.88 Å². The Labute approximate surface area is 132 Å². The van der Waals surface area contributed by atoms with E-state index in [1.807, 2.05) is 0 Å². The molecule has 2 aromatic rings. The van der Waals surface area contributed by atoms with E-state index in [4.69, 9.17) is 5.73 Å². The number of anilines is 1. The highest BCUT2D eigenvalue weighted by molar-refractivity contribution is 7.93. The summed E-state index contributed by atoms with van der Waals surface area (Å²) in [5.74, 6) is -1.53. The molecular weight excluding hydrogens is 327 g/mol. The van der Waals surface area contributed by atoms with Crippen LogP contribution in [-0.4, -0.2) is 14.3 Å². The number of carbonyl (C=O) groups excluding carboxylic acids is 1. The van der Waals surface area contributed by atoms with Crippen LogP contribution in [0.4, 0.5) is 10.1 Å². The Bertz CT molecular complexity index is 857. The zero-order valence-corrected chi connectivity index (χ0v) is 13.9. The number of hydrogen-bond donors (Lipinski definition) is 2. The molecule has 5 nitrogen and oxygen atoms in total. The summed E-state index contributed by atoms with van der Waals surface area (Å²) in [5.41, 5.74) is 5.12. The maximum Gasteiger partial charge on any atom is 0.263 e. The van der Waals surface area contributed by atoms with Crippen molar-refractivity contribution < 1.29 is 17.6 Å². The molecule has 22 heavy (non-hydrogen) atoms. The molecule has 8 heteroatoms. The van der Waals surface area contributed by atoms with E-state index in [-0.39, 0.29) is 21.7 Å². The third-order valence-corrected chi connectivity index (χ3v) is 5.74. The van der Waals surface area contributed by atoms with Crippen molar-refractivity contribution in [2.75, 3.05) is 4.72 Å². The Balaban J connectivity index is 2.50. The molecule has 0 saturated heterocycles. The summed E-state index contributed by atoms with van der Waals surface area (Å²) in [6, 6.07) is 3.76. The minimum absolute atomic E-state index is 0.00273. The average molecular weight is 342 g/mol. The molecule has 0 fully saturated rings. The average Bonchev–Trinajstić information content (AvgIpc) is 2.74. The number of amides is 1. The fourth-order valence-corrected chi connectivity index (χ4v) is 4.67. The second kappa shape index (κ2) is 5.69. The number of sulfonamides is 1. The van der Waals surface area contributed by atoms with E-state index in [1.165, 1.54) is 24.3 Å². The number of thiophene rings is 1. The highest BCUT2D eigenvalue weighted by Gasteiger charge is 2.21. The van der Waals surface area contributed by atoms with Gasteiger partial charge in [0.05, 0.1) is 5.69 Å². The van der Waals surface area contributed by atoms with E-state index in [2.05, 4.69) is 4.72 Å². The Morgan fingerprint density at radius 3 is 2.36 bits per heavy atom. The molecule has 0 aliphatic heterocycles. The van der Waals surface area contributed by atoms with Crippen LogP contribution < -0.4 is 10.5 Å². The second-order valence-electron chi connectivity index (χ2n) is 4.88. The van der Waals surface area contributed by atoms with Gasteiger partial charge in [0.25, 0.3) is 10.0 Å². The first-order chi connectivity index (χ1) is 10.1. The summed E-state index contributed by atoms with van der Waals surface area (Å²) >= 11 is 1.35. The third-order valence-electron chi connectivity index (χ3n) is 3.16. The van der Waals surface area contributed by atoms with Gasteiger partial charge in [0.2, 0.25) is 5.91 Å². The summed E-state index contributed by atoms with van der Waals surface area (Å²) in [7, 11) is -3.86. The largest absolute Gasteiger partial charge is 0.366 e. The molecule has 118 valence electrons. The van der Waals surface area contributed by atoms with E-state index < -0.39 is 21.7 Å². The lowest BCUT2D eigenvalue weighted by molar-refractivity contribution is 0.1000. The SMILES string of the molecule is Cc1cc(S(=O)(=O)Nc2cc(C(N)=O)cc(F)c2C)c(C)s1. The normalized spacial score (nSPS) is 11.5. The zero-order valence-electron chi connectivity index (χ0n) is 12.2. The van der Waals surface area contributed by atoms with Crippen molar-refractivity contribution >= 4 is 33.0 Å². The Morgan fingerprint density at radius 2 is 1.86 bits per heavy atom. The van der Waals surface area contributed by atoms with Gasteiger partial charge in [-0.3, -0.25) is 9.52 Å². The van der Waals surface area contributed by atoms with Crippen molar-refractivity contribution in [1.82, 2.24) is 0 Å². The fourth-order valence-electron chi connectivity index (χ4n) is 2.00. The maximum absolute atomic E-state index is 13.8. The van der Waals surface area contributed by atoms with Gasteiger partial charge in [-0.05, 0) is 39.0 Å². The van der Waals surface area contributed by atoms with Crippen LogP contribution in [-0.2, 0) is 10.0 Å². The molecule has 3 N–H and O–H groups in total. The first-order valence-corrected chi connectivity index (χ1v) is 8.61. The van der Waals surface area contributed by atoms with Crippen molar-refractivity contribution in [2.24, 2.45) is 5.73 Å². The molecule has 0 spiro atoms. The van der Waals surface area contributed by atoms with Crippen LogP contribution in [0.15, 0.2) is 23.1 Å². The van der Waals surface area contributed by atoms with Gasteiger partial charge in [0, 0.05) is 20.9 Å². The van der Waals surface area contributed by atoms with Crippen LogP contribution in [0.25, 0.3) is 0 Å². The number of nitrogens with one attached hydrogen (secondary N) is 1. The minimum Gasteiger partial charge on any atom is -0.366 e. The van der Waals surface area contributed by atoms with Crippen molar-refractivity contribution in [1.29, 1.82) is 0 Å². The standard InChI is InChI=1S/C14H15FN2O3S2/c1-7-4-13(9(3)21-7)22(19,20)17-12-6-10(14(16)18)5-11(15)8(12)2/h4-6,17H,1-3H3,(H2,16,18). The molecule has 0 unspecified atom stereocenters. The first kappa shape index (κ1) is 16.4. The number of rotatable bonds is 4. The van der Waals surface area contributed by atoms with Crippen molar-refractivity contribution in [3.05, 3.63) is 44.9 Å². The van der Waals surface area contributed by atoms with Gasteiger partial charge < -0.3 is 5.73 Å². The lowest BCUT2D eigenvalue weighted by Gasteiger charge is -2.12. The van der Waals surface area contributed by atoms with Gasteiger partial charge in [-0.25, -0.2) is 12.8 Å². The van der Waals surface area contributed by atoms with E-state index in [9.17, 15) is 17.6 Å². The fraction of sp³-hybridized carbons (Fsp3) is 0.214. The molecule has 0 atom stereocenters. The maximum atomic E-state index is 13.8. The molecule has 1 aromatic heterocycles. The van der Waals surface area contributed by atoms with Gasteiger partial charge in [0.1, 0.15) is 10.7 Å². The predicted octanol–water partition coefficient (Wildman–Crippen LogP) is 2.71. The van der Waals surface area contributed by atoms with Gasteiger partial charge >= 0.3 is 0 Å². The van der Waals surface area contributed by atoms with Crippen LogP contribution >= 0.6 is 11.3 Å². The topological polar surface area (TPSA) is 89.3 Å². The second-order valence-corrected chi connectivity index (χ2v) is 7.99. The van der Waals surface area contributed by atoms with Crippen LogP contribution in [0.1, 0.15) is 25.7 Å². The summed E-state index contributed by atoms with van der Waals surface area (Å²) < 4.78 is 41.0. The monoisotopic (exact) mass is 342 g/mol. The number of halogens is 1. The molecule has 2 rings (SSSR count). The van der Waals surface area contributed by atoms with Crippen LogP contribution in [0.3, 0.4) is 0 Å². The van der Waals surface area contributed by atoms with Crippen LogP contribution in [0.2, 0.25) is 0 Å². The minimum atomic E-state index is -3.86. The third kappa shape index (κ3) is 3.12. The summed E-state index contributed by atoms with van der Waals surface area (Å²) in [6.07, 6.45) is 0. The van der Waals surface area contributed by atoms with Crippen molar-refractivity contribution in [2.45, 2.75) is 25.7 Å². The summed E-state index contributed by atoms with van der Waals surface area (Å²) in [6.45, 7) is 4.92. The van der Waals surface area contributed by atoms with Gasteiger partial charge in [0.15, 0.2) is 0 Å². The molecule has 1 heterocycles. The molecule has 1 aromatic carbocycles. The number of nitrogens with two attached hydrogens (primary N) is 1. The van der Waals surface area contributed by atoms with Crippen molar-refractivity contribution in [3.63, 3.8) is 0 Å². The number of carbonyl (C=O) groups is 1. The summed E-state index contributed by atoms with van der Waals surface area (Å²) in [5, 5.41) is 0. The molecule has 0 radical (unpaired) electrons. The Hall–Kier alpha value is -1.93. The number of benzene rings is 1. The van der Waals surface area contributed by atoms with E-state index in [1.54, 1.807) is 19.9 Å². The highest BCUT2D eigenvalue weighted by Crippen LogP contribution is 2.28. The molecule has 0 aliphatic carbocycles. The number of primary amides is 1. The smallest absolute Gasteiger partial charge is 0.263 e. The molecule has 0 saturated carbocycles. The van der Waals surface area contributed by atoms with E-state index in [0.717, 1.165) is 10.9 Å². The van der Waals surface area contributed by atoms with Crippen LogP contribution in [0, 0.1) is 26.6 Å².